The number of carbonyl (C=O) groups is 3. The maximum absolute atomic E-state index is 13.3. The topological polar surface area (TPSA) is 106 Å². The Morgan fingerprint density at radius 1 is 0.828 bits per heavy atom. The highest BCUT2D eigenvalue weighted by atomic mass is 16.5. The van der Waals surface area contributed by atoms with Crippen LogP contribution in [0.2, 0.25) is 0 Å². The van der Waals surface area contributed by atoms with Crippen molar-refractivity contribution in [2.75, 3.05) is 7.11 Å². The van der Waals surface area contributed by atoms with Crippen LogP contribution in [0.25, 0.3) is 0 Å². The number of phenolic OH excluding ortho intramolecular Hbond substituents is 1. The van der Waals surface area contributed by atoms with Gasteiger partial charge >= 0.3 is 11.9 Å². The second kappa shape index (κ2) is 8.02. The summed E-state index contributed by atoms with van der Waals surface area (Å²) in [5, 5.41) is 9.86. The summed E-state index contributed by atoms with van der Waals surface area (Å²) in [5.41, 5.74) is 1.36. The van der Waals surface area contributed by atoms with Gasteiger partial charge < -0.3 is 19.6 Å². The van der Waals surface area contributed by atoms with Crippen LogP contribution in [0.3, 0.4) is 0 Å². The Morgan fingerprint density at radius 2 is 1.41 bits per heavy atom. The number of H-pyrrole nitrogens is 1. The van der Waals surface area contributed by atoms with Crippen LogP contribution < -0.4 is 4.74 Å². The molecule has 0 amide bonds. The van der Waals surface area contributed by atoms with Gasteiger partial charge in [0.2, 0.25) is 0 Å². The van der Waals surface area contributed by atoms with Crippen LogP contribution in [-0.2, 0) is 4.74 Å². The number of aromatic nitrogens is 1. The highest BCUT2D eigenvalue weighted by Gasteiger charge is 2.28. The van der Waals surface area contributed by atoms with Crippen molar-refractivity contribution < 1.29 is 29.0 Å². The molecule has 7 nitrogen and oxygen atoms in total. The fourth-order valence-corrected chi connectivity index (χ4v) is 3.10. The number of phenols is 1. The quantitative estimate of drug-likeness (QED) is 0.390. The van der Waals surface area contributed by atoms with E-state index in [1.807, 2.05) is 0 Å². The molecule has 0 aliphatic carbocycles. The molecule has 0 saturated carbocycles. The largest absolute Gasteiger partial charge is 0.507 e. The fraction of sp³-hybridized carbons (Fsp3) is 0.136. The average molecular weight is 393 g/mol. The summed E-state index contributed by atoms with van der Waals surface area (Å²) in [6.45, 7) is 3.34. The SMILES string of the molecule is COC(=O)c1c(C)[nH]c(C)c1C(=O)c1ccccc1OC(=O)c1ccccc1O. The molecule has 3 rings (SSSR count). The lowest BCUT2D eigenvalue weighted by Crippen LogP contribution is -2.15. The van der Waals surface area contributed by atoms with Crippen molar-refractivity contribution in [2.24, 2.45) is 0 Å². The lowest BCUT2D eigenvalue weighted by atomic mass is 9.98. The van der Waals surface area contributed by atoms with Crippen LogP contribution in [0.4, 0.5) is 0 Å². The van der Waals surface area contributed by atoms with E-state index >= 15 is 0 Å². The van der Waals surface area contributed by atoms with Crippen molar-refractivity contribution in [1.29, 1.82) is 0 Å². The lowest BCUT2D eigenvalue weighted by Gasteiger charge is -2.11. The predicted molar refractivity (Wildman–Crippen MR) is 105 cm³/mol. The summed E-state index contributed by atoms with van der Waals surface area (Å²) in [7, 11) is 1.24. The first-order valence-corrected chi connectivity index (χ1v) is 8.76. The third kappa shape index (κ3) is 3.75. The number of aromatic hydroxyl groups is 1. The van der Waals surface area contributed by atoms with E-state index in [0.29, 0.717) is 11.4 Å². The smallest absolute Gasteiger partial charge is 0.347 e. The van der Waals surface area contributed by atoms with Crippen LogP contribution in [-0.4, -0.2) is 34.9 Å². The van der Waals surface area contributed by atoms with Gasteiger partial charge in [0.1, 0.15) is 17.1 Å². The summed E-state index contributed by atoms with van der Waals surface area (Å²) in [6, 6.07) is 12.1. The highest BCUT2D eigenvalue weighted by molar-refractivity contribution is 6.17. The summed E-state index contributed by atoms with van der Waals surface area (Å²) in [4.78, 5) is 40.9. The molecule has 0 atom stereocenters. The van der Waals surface area contributed by atoms with Gasteiger partial charge in [0.15, 0.2) is 5.78 Å². The van der Waals surface area contributed by atoms with E-state index in [1.54, 1.807) is 38.1 Å². The van der Waals surface area contributed by atoms with Gasteiger partial charge in [-0.25, -0.2) is 9.59 Å². The van der Waals surface area contributed by atoms with Crippen LogP contribution >= 0.6 is 0 Å². The maximum atomic E-state index is 13.3. The summed E-state index contributed by atoms with van der Waals surface area (Å²) in [6.07, 6.45) is 0. The Morgan fingerprint density at radius 3 is 2.07 bits per heavy atom. The minimum Gasteiger partial charge on any atom is -0.507 e. The molecule has 2 N–H and O–H groups in total. The predicted octanol–water partition coefficient (Wildman–Crippen LogP) is 3.57. The molecule has 0 bridgehead atoms. The minimum absolute atomic E-state index is 0.0137. The molecule has 0 aliphatic rings. The van der Waals surface area contributed by atoms with Gasteiger partial charge in [-0.3, -0.25) is 4.79 Å². The molecular weight excluding hydrogens is 374 g/mol. The van der Waals surface area contributed by atoms with Crippen LogP contribution in [0, 0.1) is 13.8 Å². The molecule has 0 saturated heterocycles. The van der Waals surface area contributed by atoms with Crippen LogP contribution in [0.15, 0.2) is 48.5 Å². The molecule has 0 spiro atoms. The van der Waals surface area contributed by atoms with E-state index in [0.717, 1.165) is 0 Å². The number of benzene rings is 2. The Labute approximate surface area is 166 Å². The molecule has 1 heterocycles. The zero-order valence-corrected chi connectivity index (χ0v) is 16.1. The van der Waals surface area contributed by atoms with E-state index in [-0.39, 0.29) is 33.8 Å². The number of rotatable bonds is 5. The van der Waals surface area contributed by atoms with Crippen molar-refractivity contribution in [3.63, 3.8) is 0 Å². The molecule has 0 aliphatic heterocycles. The number of ketones is 1. The van der Waals surface area contributed by atoms with E-state index in [9.17, 15) is 19.5 Å². The number of methoxy groups -OCH3 is 1. The van der Waals surface area contributed by atoms with E-state index in [2.05, 4.69) is 4.98 Å². The second-order valence-corrected chi connectivity index (χ2v) is 6.35. The van der Waals surface area contributed by atoms with Crippen molar-refractivity contribution >= 4 is 17.7 Å². The average Bonchev–Trinajstić information content (AvgIpc) is 3.01. The molecule has 29 heavy (non-hydrogen) atoms. The minimum atomic E-state index is -0.807. The van der Waals surface area contributed by atoms with Gasteiger partial charge in [0.05, 0.1) is 23.8 Å². The first kappa shape index (κ1) is 19.9. The second-order valence-electron chi connectivity index (χ2n) is 6.35. The van der Waals surface area contributed by atoms with Gasteiger partial charge in [0, 0.05) is 11.4 Å². The molecular formula is C22H19NO6. The molecule has 1 aromatic heterocycles. The highest BCUT2D eigenvalue weighted by Crippen LogP contribution is 2.28. The zero-order chi connectivity index (χ0) is 21.1. The molecule has 3 aromatic rings. The number of aryl methyl sites for hydroxylation is 2. The molecule has 2 aromatic carbocycles. The number of nitrogens with one attached hydrogen (secondary N) is 1. The number of hydrogen-bond donors (Lipinski definition) is 2. The maximum Gasteiger partial charge on any atom is 0.347 e. The van der Waals surface area contributed by atoms with Gasteiger partial charge in [-0.1, -0.05) is 24.3 Å². The van der Waals surface area contributed by atoms with Crippen molar-refractivity contribution in [1.82, 2.24) is 4.98 Å². The van der Waals surface area contributed by atoms with Gasteiger partial charge in [-0.15, -0.1) is 0 Å². The number of para-hydroxylation sites is 2. The fourth-order valence-electron chi connectivity index (χ4n) is 3.10. The summed E-state index contributed by atoms with van der Waals surface area (Å²) >= 11 is 0. The Bertz CT molecular complexity index is 1110. The van der Waals surface area contributed by atoms with Gasteiger partial charge in [0.25, 0.3) is 0 Å². The zero-order valence-electron chi connectivity index (χ0n) is 16.1. The molecule has 0 unspecified atom stereocenters. The number of carbonyl (C=O) groups excluding carboxylic acids is 3. The number of aromatic amines is 1. The first-order valence-electron chi connectivity index (χ1n) is 8.76. The standard InChI is InChI=1S/C22H19NO6/c1-12-18(19(13(2)23-12)22(27)28-3)20(25)15-9-5-7-11-17(15)29-21(26)14-8-4-6-10-16(14)24/h4-11,23-24H,1-3H3. The molecule has 7 heteroatoms. The molecule has 0 fully saturated rings. The Kier molecular flexibility index (Phi) is 5.50. The Hall–Kier alpha value is -3.87. The lowest BCUT2D eigenvalue weighted by molar-refractivity contribution is 0.0596. The number of esters is 2. The number of ether oxygens (including phenoxy) is 2. The monoisotopic (exact) mass is 393 g/mol. The summed E-state index contributed by atoms with van der Waals surface area (Å²) < 4.78 is 10.2. The van der Waals surface area contributed by atoms with Crippen molar-refractivity contribution in [3.8, 4) is 11.5 Å². The van der Waals surface area contributed by atoms with Crippen molar-refractivity contribution in [2.45, 2.75) is 13.8 Å². The normalized spacial score (nSPS) is 10.4. The van der Waals surface area contributed by atoms with Crippen LogP contribution in [0.1, 0.15) is 48.0 Å². The number of hydrogen-bond acceptors (Lipinski definition) is 6. The third-order valence-electron chi connectivity index (χ3n) is 4.45. The van der Waals surface area contributed by atoms with Gasteiger partial charge in [-0.05, 0) is 38.1 Å². The first-order chi connectivity index (χ1) is 13.8. The third-order valence-corrected chi connectivity index (χ3v) is 4.45. The van der Waals surface area contributed by atoms with E-state index in [4.69, 9.17) is 9.47 Å². The molecule has 148 valence electrons. The van der Waals surface area contributed by atoms with Crippen LogP contribution in [0.5, 0.6) is 11.5 Å². The van der Waals surface area contributed by atoms with Crippen molar-refractivity contribution in [3.05, 3.63) is 82.2 Å². The summed E-state index contributed by atoms with van der Waals surface area (Å²) in [5.74, 6) is -2.16. The Balaban J connectivity index is 2.02. The van der Waals surface area contributed by atoms with Gasteiger partial charge in [-0.2, -0.15) is 0 Å². The van der Waals surface area contributed by atoms with E-state index < -0.39 is 17.7 Å². The van der Waals surface area contributed by atoms with E-state index in [1.165, 1.54) is 31.4 Å². The molecule has 0 radical (unpaired) electrons.